The third kappa shape index (κ3) is 10.5. The zero-order valence-electron chi connectivity index (χ0n) is 21.0. The predicted molar refractivity (Wildman–Crippen MR) is 131 cm³/mol. The number of ether oxygens (including phenoxy) is 1. The minimum absolute atomic E-state index is 0.0400. The third-order valence-electron chi connectivity index (χ3n) is 5.39. The Labute approximate surface area is 195 Å². The Morgan fingerprint density at radius 3 is 2.09 bits per heavy atom. The van der Waals surface area contributed by atoms with Crippen molar-refractivity contribution in [2.45, 2.75) is 90.3 Å². The number of amides is 1. The zero-order valence-corrected chi connectivity index (χ0v) is 22.8. The molecule has 1 amide bonds. The molecule has 32 heavy (non-hydrogen) atoms. The summed E-state index contributed by atoms with van der Waals surface area (Å²) in [6.07, 6.45) is 1.10. The molecule has 0 radical (unpaired) electrons. The number of rotatable bonds is 10. The lowest BCUT2D eigenvalue weighted by Gasteiger charge is -2.42. The smallest absolute Gasteiger partial charge is 0.408 e. The molecule has 0 heterocycles. The largest absolute Gasteiger partial charge is 0.444 e. The summed E-state index contributed by atoms with van der Waals surface area (Å²) < 4.78 is 39.9. The van der Waals surface area contributed by atoms with Gasteiger partial charge in [0.1, 0.15) is 5.60 Å². The van der Waals surface area contributed by atoms with E-state index in [1.165, 1.54) is 0 Å². The normalized spacial score (nSPS) is 15.2. The van der Waals surface area contributed by atoms with Gasteiger partial charge in [0.25, 0.3) is 10.1 Å². The van der Waals surface area contributed by atoms with Crippen LogP contribution in [0.1, 0.15) is 66.0 Å². The molecule has 0 spiro atoms. The van der Waals surface area contributed by atoms with Gasteiger partial charge in [-0.25, -0.2) is 4.79 Å². The van der Waals surface area contributed by atoms with Crippen LogP contribution in [0.3, 0.4) is 0 Å². The fourth-order valence-electron chi connectivity index (χ4n) is 2.83. The second-order valence-corrected chi connectivity index (χ2v) is 17.0. The molecule has 0 unspecified atom stereocenters. The van der Waals surface area contributed by atoms with Crippen LogP contribution in [0.4, 0.5) is 4.79 Å². The zero-order chi connectivity index (χ0) is 24.8. The summed E-state index contributed by atoms with van der Waals surface area (Å²) in [4.78, 5) is 12.7. The molecule has 0 aliphatic carbocycles. The third-order valence-corrected chi connectivity index (χ3v) is 10.5. The minimum atomic E-state index is -3.51. The van der Waals surface area contributed by atoms with Crippen LogP contribution in [0, 0.1) is 0 Å². The first-order chi connectivity index (χ1) is 14.4. The second-order valence-electron chi connectivity index (χ2n) is 10.6. The van der Waals surface area contributed by atoms with Crippen molar-refractivity contribution in [2.24, 2.45) is 0 Å². The van der Waals surface area contributed by atoms with Crippen LogP contribution in [-0.4, -0.2) is 47.4 Å². The molecule has 0 fully saturated rings. The first-order valence-electron chi connectivity index (χ1n) is 11.0. The molecule has 7 nitrogen and oxygen atoms in total. The summed E-state index contributed by atoms with van der Waals surface area (Å²) in [5.41, 5.74) is 0.260. The van der Waals surface area contributed by atoms with Gasteiger partial charge in [-0.1, -0.05) is 51.1 Å². The lowest BCUT2D eigenvalue weighted by Crippen LogP contribution is -2.49. The molecule has 1 aromatic rings. The number of nitrogens with one attached hydrogen (secondary N) is 1. The summed E-state index contributed by atoms with van der Waals surface area (Å²) >= 11 is 0. The highest BCUT2D eigenvalue weighted by atomic mass is 32.2. The molecule has 0 saturated carbocycles. The number of carbonyl (C=O) groups is 1. The molecular weight excluding hydrogens is 446 g/mol. The van der Waals surface area contributed by atoms with E-state index in [4.69, 9.17) is 13.3 Å². The number of carbonyl (C=O) groups excluding carboxylic acids is 1. The van der Waals surface area contributed by atoms with Crippen molar-refractivity contribution in [2.75, 3.05) is 12.9 Å². The number of hydrogen-bond donors (Lipinski definition) is 1. The Kier molecular flexibility index (Phi) is 9.95. The van der Waals surface area contributed by atoms with Crippen molar-refractivity contribution in [1.82, 2.24) is 5.32 Å². The first-order valence-corrected chi connectivity index (χ1v) is 15.7. The van der Waals surface area contributed by atoms with E-state index in [1.54, 1.807) is 0 Å². The lowest BCUT2D eigenvalue weighted by molar-refractivity contribution is 0.0419. The first kappa shape index (κ1) is 28.6. The van der Waals surface area contributed by atoms with Crippen molar-refractivity contribution >= 4 is 24.5 Å². The number of benzene rings is 1. The molecule has 2 atom stereocenters. The average Bonchev–Trinajstić information content (AvgIpc) is 2.60. The van der Waals surface area contributed by atoms with Crippen LogP contribution in [0.5, 0.6) is 0 Å². The van der Waals surface area contributed by atoms with Crippen molar-refractivity contribution in [3.63, 3.8) is 0 Å². The Morgan fingerprint density at radius 1 is 1.06 bits per heavy atom. The van der Waals surface area contributed by atoms with Crippen LogP contribution >= 0.6 is 0 Å². The van der Waals surface area contributed by atoms with E-state index in [2.05, 4.69) is 39.2 Å². The van der Waals surface area contributed by atoms with Gasteiger partial charge in [-0.2, -0.15) is 8.42 Å². The SMILES string of the molecule is CC(C)(C)OC(=O)N[C@@H](c1ccccc1)[C@H](CCCOS(C)(=O)=O)O[Si](C)(C)C(C)(C)C. The van der Waals surface area contributed by atoms with Crippen LogP contribution in [0.2, 0.25) is 18.1 Å². The fourth-order valence-corrected chi connectivity index (χ4v) is 4.61. The van der Waals surface area contributed by atoms with Crippen molar-refractivity contribution in [3.05, 3.63) is 35.9 Å². The number of alkyl carbamates (subject to hydrolysis) is 1. The minimum Gasteiger partial charge on any atom is -0.444 e. The van der Waals surface area contributed by atoms with Crippen LogP contribution in [0.15, 0.2) is 30.3 Å². The summed E-state index contributed by atoms with van der Waals surface area (Å²) in [7, 11) is -5.72. The Hall–Kier alpha value is -1.42. The van der Waals surface area contributed by atoms with E-state index in [-0.39, 0.29) is 17.7 Å². The molecule has 0 aliphatic heterocycles. The van der Waals surface area contributed by atoms with E-state index in [0.29, 0.717) is 12.8 Å². The molecule has 1 N–H and O–H groups in total. The molecule has 9 heteroatoms. The maximum absolute atomic E-state index is 12.7. The maximum Gasteiger partial charge on any atom is 0.408 e. The fraction of sp³-hybridized carbons (Fsp3) is 0.696. The second kappa shape index (κ2) is 11.1. The Morgan fingerprint density at radius 2 is 1.62 bits per heavy atom. The molecule has 184 valence electrons. The standard InChI is InChI=1S/C23H41NO6SSi/c1-22(2,3)29-21(25)24-20(18-14-11-10-12-15-18)19(16-13-17-28-31(7,26)27)30-32(8,9)23(4,5)6/h10-12,14-15,19-20H,13,16-17H2,1-9H3,(H,24,25)/t19-,20-/m0/s1. The molecular formula is C23H41NO6SSi. The van der Waals surface area contributed by atoms with Crippen LogP contribution in [-0.2, 0) is 23.5 Å². The molecule has 0 saturated heterocycles. The van der Waals surface area contributed by atoms with E-state index in [1.807, 2.05) is 51.1 Å². The number of hydrogen-bond acceptors (Lipinski definition) is 6. The molecule has 1 rings (SSSR count). The molecule has 1 aromatic carbocycles. The average molecular weight is 488 g/mol. The van der Waals surface area contributed by atoms with Gasteiger partial charge in [0.05, 0.1) is 25.0 Å². The molecule has 0 bridgehead atoms. The van der Waals surface area contributed by atoms with Gasteiger partial charge in [-0.15, -0.1) is 0 Å². The topological polar surface area (TPSA) is 90.9 Å². The molecule has 0 aliphatic rings. The summed E-state index contributed by atoms with van der Waals surface area (Å²) in [6.45, 7) is 16.3. The van der Waals surface area contributed by atoms with E-state index >= 15 is 0 Å². The predicted octanol–water partition coefficient (Wildman–Crippen LogP) is 5.40. The highest BCUT2D eigenvalue weighted by molar-refractivity contribution is 7.85. The summed E-state index contributed by atoms with van der Waals surface area (Å²) in [5.74, 6) is 0. The van der Waals surface area contributed by atoms with E-state index < -0.39 is 36.2 Å². The van der Waals surface area contributed by atoms with Gasteiger partial charge in [-0.3, -0.25) is 4.18 Å². The maximum atomic E-state index is 12.7. The van der Waals surface area contributed by atoms with Crippen molar-refractivity contribution in [1.29, 1.82) is 0 Å². The van der Waals surface area contributed by atoms with E-state index in [9.17, 15) is 13.2 Å². The van der Waals surface area contributed by atoms with E-state index in [0.717, 1.165) is 11.8 Å². The van der Waals surface area contributed by atoms with Gasteiger partial charge in [0.2, 0.25) is 0 Å². The van der Waals surface area contributed by atoms with Gasteiger partial charge < -0.3 is 14.5 Å². The summed E-state index contributed by atoms with van der Waals surface area (Å²) in [6, 6.07) is 9.16. The monoisotopic (exact) mass is 487 g/mol. The Bertz CT molecular complexity index is 828. The van der Waals surface area contributed by atoms with Crippen molar-refractivity contribution in [3.8, 4) is 0 Å². The Balaban J connectivity index is 3.23. The van der Waals surface area contributed by atoms with Gasteiger partial charge in [0.15, 0.2) is 8.32 Å². The van der Waals surface area contributed by atoms with Gasteiger partial charge in [0, 0.05) is 0 Å². The lowest BCUT2D eigenvalue weighted by atomic mass is 9.98. The van der Waals surface area contributed by atoms with Crippen LogP contribution in [0.25, 0.3) is 0 Å². The molecule has 0 aromatic heterocycles. The van der Waals surface area contributed by atoms with Gasteiger partial charge in [-0.05, 0) is 57.3 Å². The van der Waals surface area contributed by atoms with Crippen molar-refractivity contribution < 1.29 is 26.6 Å². The van der Waals surface area contributed by atoms with Gasteiger partial charge >= 0.3 is 6.09 Å². The highest BCUT2D eigenvalue weighted by Gasteiger charge is 2.41. The van der Waals surface area contributed by atoms with Crippen LogP contribution < -0.4 is 5.32 Å². The summed E-state index contributed by atoms with van der Waals surface area (Å²) in [5, 5.41) is 2.96. The highest BCUT2D eigenvalue weighted by Crippen LogP contribution is 2.39. The quantitative estimate of drug-likeness (QED) is 0.270.